The summed E-state index contributed by atoms with van der Waals surface area (Å²) in [4.78, 5) is 42.2. The smallest absolute Gasteiger partial charge is 0.303 e. The van der Waals surface area contributed by atoms with E-state index in [1.807, 2.05) is 0 Å². The minimum Gasteiger partial charge on any atom is -0.481 e. The zero-order valence-corrected chi connectivity index (χ0v) is 12.5. The van der Waals surface area contributed by atoms with Crippen molar-refractivity contribution in [3.8, 4) is 0 Å². The Labute approximate surface area is 124 Å². The van der Waals surface area contributed by atoms with Crippen LogP contribution in [0.15, 0.2) is 4.79 Å². The zero-order chi connectivity index (χ0) is 15.6. The third-order valence-electron chi connectivity index (χ3n) is 2.98. The molecule has 0 aliphatic rings. The maximum atomic E-state index is 12.1. The van der Waals surface area contributed by atoms with Crippen molar-refractivity contribution in [2.75, 3.05) is 6.54 Å². The lowest BCUT2D eigenvalue weighted by Gasteiger charge is -2.02. The first-order valence-corrected chi connectivity index (χ1v) is 7.22. The van der Waals surface area contributed by atoms with Gasteiger partial charge in [-0.1, -0.05) is 0 Å². The third kappa shape index (κ3) is 3.27. The molecular formula is C13H15N3O4S. The largest absolute Gasteiger partial charge is 0.481 e. The highest BCUT2D eigenvalue weighted by molar-refractivity contribution is 7.20. The molecule has 0 fully saturated rings. The number of hydrogen-bond acceptors (Lipinski definition) is 5. The van der Waals surface area contributed by atoms with E-state index in [0.29, 0.717) is 32.9 Å². The number of carboxylic acids is 1. The maximum Gasteiger partial charge on any atom is 0.303 e. The molecule has 3 N–H and O–H groups in total. The Morgan fingerprint density at radius 1 is 1.38 bits per heavy atom. The Bertz CT molecular complexity index is 763. The molecule has 0 atom stereocenters. The second kappa shape index (κ2) is 6.04. The zero-order valence-electron chi connectivity index (χ0n) is 11.6. The molecule has 112 valence electrons. The van der Waals surface area contributed by atoms with Crippen molar-refractivity contribution in [2.24, 2.45) is 0 Å². The molecule has 0 saturated heterocycles. The number of carbonyl (C=O) groups is 2. The van der Waals surface area contributed by atoms with E-state index in [-0.39, 0.29) is 24.4 Å². The summed E-state index contributed by atoms with van der Waals surface area (Å²) >= 11 is 1.17. The molecule has 7 nitrogen and oxygen atoms in total. The molecule has 0 aromatic carbocycles. The van der Waals surface area contributed by atoms with Gasteiger partial charge in [0.1, 0.15) is 10.7 Å². The molecule has 2 aromatic rings. The van der Waals surface area contributed by atoms with Gasteiger partial charge >= 0.3 is 5.97 Å². The summed E-state index contributed by atoms with van der Waals surface area (Å²) in [5.74, 6) is -0.700. The van der Waals surface area contributed by atoms with Crippen LogP contribution in [-0.2, 0) is 4.79 Å². The highest BCUT2D eigenvalue weighted by atomic mass is 32.1. The van der Waals surface area contributed by atoms with Gasteiger partial charge in [0.15, 0.2) is 0 Å². The quantitative estimate of drug-likeness (QED) is 0.718. The summed E-state index contributed by atoms with van der Waals surface area (Å²) in [5.41, 5.74) is 0.343. The van der Waals surface area contributed by atoms with Gasteiger partial charge in [-0.25, -0.2) is 4.98 Å². The monoisotopic (exact) mass is 309 g/mol. The fraction of sp³-hybridized carbons (Fsp3) is 0.385. The number of rotatable bonds is 5. The van der Waals surface area contributed by atoms with E-state index >= 15 is 0 Å². The number of H-pyrrole nitrogens is 1. The molecule has 0 bridgehead atoms. The maximum absolute atomic E-state index is 12.1. The Morgan fingerprint density at radius 3 is 2.76 bits per heavy atom. The van der Waals surface area contributed by atoms with E-state index in [0.717, 1.165) is 0 Å². The number of aryl methyl sites for hydroxylation is 2. The molecule has 8 heteroatoms. The number of amides is 1. The number of carboxylic acid groups (broad SMARTS) is 1. The van der Waals surface area contributed by atoms with Crippen molar-refractivity contribution < 1.29 is 14.7 Å². The topological polar surface area (TPSA) is 112 Å². The summed E-state index contributed by atoms with van der Waals surface area (Å²) in [6.07, 6.45) is 0.370. The average molecular weight is 309 g/mol. The van der Waals surface area contributed by atoms with Crippen LogP contribution >= 0.6 is 11.3 Å². The Kier molecular flexibility index (Phi) is 4.37. The number of hydrogen-bond donors (Lipinski definition) is 3. The standard InChI is InChI=1S/C13H15N3O4S/c1-6-9-11(19)15-7(2)16-13(9)21-10(6)12(20)14-5-3-4-8(17)18/h3-5H2,1-2H3,(H,14,20)(H,17,18)(H,15,16,19). The van der Waals surface area contributed by atoms with E-state index in [1.54, 1.807) is 13.8 Å². The number of thiophene rings is 1. The molecule has 0 aliphatic heterocycles. The number of nitrogens with one attached hydrogen (secondary N) is 2. The van der Waals surface area contributed by atoms with E-state index in [2.05, 4.69) is 15.3 Å². The van der Waals surface area contributed by atoms with Gasteiger partial charge in [-0.15, -0.1) is 11.3 Å². The third-order valence-corrected chi connectivity index (χ3v) is 4.16. The van der Waals surface area contributed by atoms with Crippen LogP contribution in [0.25, 0.3) is 10.2 Å². The highest BCUT2D eigenvalue weighted by Crippen LogP contribution is 2.26. The lowest BCUT2D eigenvalue weighted by atomic mass is 10.2. The van der Waals surface area contributed by atoms with E-state index in [9.17, 15) is 14.4 Å². The Hall–Kier alpha value is -2.22. The first-order valence-electron chi connectivity index (χ1n) is 6.40. The summed E-state index contributed by atoms with van der Waals surface area (Å²) in [5, 5.41) is 11.6. The number of carbonyl (C=O) groups excluding carboxylic acids is 1. The molecule has 2 aromatic heterocycles. The van der Waals surface area contributed by atoms with Gasteiger partial charge in [0.05, 0.1) is 10.3 Å². The second-order valence-electron chi connectivity index (χ2n) is 4.64. The van der Waals surface area contributed by atoms with E-state index < -0.39 is 5.97 Å². The van der Waals surface area contributed by atoms with Crippen LogP contribution in [0, 0.1) is 13.8 Å². The summed E-state index contributed by atoms with van der Waals surface area (Å²) in [6, 6.07) is 0. The molecule has 21 heavy (non-hydrogen) atoms. The van der Waals surface area contributed by atoms with Crippen molar-refractivity contribution in [3.05, 3.63) is 26.6 Å². The highest BCUT2D eigenvalue weighted by Gasteiger charge is 2.18. The Morgan fingerprint density at radius 2 is 2.10 bits per heavy atom. The molecule has 0 aliphatic carbocycles. The van der Waals surface area contributed by atoms with Crippen LogP contribution in [0.1, 0.15) is 33.9 Å². The van der Waals surface area contributed by atoms with Gasteiger partial charge in [-0.05, 0) is 25.8 Å². The molecule has 2 rings (SSSR count). The van der Waals surface area contributed by atoms with Gasteiger partial charge < -0.3 is 15.4 Å². The van der Waals surface area contributed by atoms with Gasteiger partial charge in [-0.2, -0.15) is 0 Å². The lowest BCUT2D eigenvalue weighted by Crippen LogP contribution is -2.24. The van der Waals surface area contributed by atoms with Crippen molar-refractivity contribution >= 4 is 33.4 Å². The van der Waals surface area contributed by atoms with Crippen LogP contribution in [0.5, 0.6) is 0 Å². The molecular weight excluding hydrogens is 294 g/mol. The first kappa shape index (κ1) is 15.2. The number of aromatic amines is 1. The summed E-state index contributed by atoms with van der Waals surface area (Å²) in [6.45, 7) is 3.67. The van der Waals surface area contributed by atoms with E-state index in [4.69, 9.17) is 5.11 Å². The molecule has 2 heterocycles. The van der Waals surface area contributed by atoms with Gasteiger partial charge in [0.25, 0.3) is 11.5 Å². The van der Waals surface area contributed by atoms with Crippen molar-refractivity contribution in [2.45, 2.75) is 26.7 Å². The van der Waals surface area contributed by atoms with Crippen LogP contribution in [0.3, 0.4) is 0 Å². The number of fused-ring (bicyclic) bond motifs is 1. The van der Waals surface area contributed by atoms with Crippen LogP contribution < -0.4 is 10.9 Å². The number of aliphatic carboxylic acids is 1. The van der Waals surface area contributed by atoms with Crippen molar-refractivity contribution in [1.29, 1.82) is 0 Å². The molecule has 0 saturated carbocycles. The van der Waals surface area contributed by atoms with E-state index in [1.165, 1.54) is 11.3 Å². The van der Waals surface area contributed by atoms with Crippen LogP contribution in [0.4, 0.5) is 0 Å². The molecule has 0 radical (unpaired) electrons. The summed E-state index contributed by atoms with van der Waals surface area (Å²) in [7, 11) is 0. The minimum atomic E-state index is -0.895. The summed E-state index contributed by atoms with van der Waals surface area (Å²) < 4.78 is 0. The van der Waals surface area contributed by atoms with Gasteiger partial charge in [0.2, 0.25) is 0 Å². The molecule has 1 amide bonds. The van der Waals surface area contributed by atoms with Gasteiger partial charge in [-0.3, -0.25) is 14.4 Å². The fourth-order valence-corrected chi connectivity index (χ4v) is 3.13. The predicted octanol–water partition coefficient (Wildman–Crippen LogP) is 1.20. The number of aromatic nitrogens is 2. The van der Waals surface area contributed by atoms with Gasteiger partial charge in [0, 0.05) is 13.0 Å². The first-order chi connectivity index (χ1) is 9.90. The Balaban J connectivity index is 2.20. The fourth-order valence-electron chi connectivity index (χ4n) is 1.99. The van der Waals surface area contributed by atoms with Crippen molar-refractivity contribution in [3.63, 3.8) is 0 Å². The van der Waals surface area contributed by atoms with Crippen molar-refractivity contribution in [1.82, 2.24) is 15.3 Å². The number of nitrogens with zero attached hydrogens (tertiary/aromatic N) is 1. The molecule has 0 spiro atoms. The average Bonchev–Trinajstić information content (AvgIpc) is 2.71. The molecule has 0 unspecified atom stereocenters. The normalized spacial score (nSPS) is 10.8. The lowest BCUT2D eigenvalue weighted by molar-refractivity contribution is -0.137. The van der Waals surface area contributed by atoms with Crippen LogP contribution in [0.2, 0.25) is 0 Å². The minimum absolute atomic E-state index is 0.00605. The SMILES string of the molecule is Cc1nc2sc(C(=O)NCCCC(=O)O)c(C)c2c(=O)[nH]1. The predicted molar refractivity (Wildman–Crippen MR) is 78.9 cm³/mol. The second-order valence-corrected chi connectivity index (χ2v) is 5.64. The van der Waals surface area contributed by atoms with Crippen LogP contribution in [-0.4, -0.2) is 33.5 Å².